The lowest BCUT2D eigenvalue weighted by molar-refractivity contribution is -0.385. The van der Waals surface area contributed by atoms with Crippen LogP contribution in [0.25, 0.3) is 0 Å². The molecule has 2 aromatic rings. The summed E-state index contributed by atoms with van der Waals surface area (Å²) in [6, 6.07) is 14.0. The molecule has 0 aliphatic carbocycles. The first-order chi connectivity index (χ1) is 15.0. The molecule has 164 valence electrons. The van der Waals surface area contributed by atoms with Gasteiger partial charge < -0.3 is 14.4 Å². The monoisotopic (exact) mass is 427 g/mol. The van der Waals surface area contributed by atoms with Crippen molar-refractivity contribution in [1.29, 1.82) is 0 Å². The van der Waals surface area contributed by atoms with Crippen LogP contribution in [0.2, 0.25) is 0 Å². The highest BCUT2D eigenvalue weighted by molar-refractivity contribution is 5.92. The van der Waals surface area contributed by atoms with E-state index in [4.69, 9.17) is 9.47 Å². The van der Waals surface area contributed by atoms with Gasteiger partial charge in [-0.1, -0.05) is 30.3 Å². The van der Waals surface area contributed by atoms with E-state index in [2.05, 4.69) is 17.0 Å². The second-order valence-electron chi connectivity index (χ2n) is 7.09. The Hall–Kier alpha value is -3.46. The minimum atomic E-state index is -0.790. The fourth-order valence-electron chi connectivity index (χ4n) is 3.36. The number of nitrogens with zero attached hydrogens (tertiary/aromatic N) is 3. The Bertz CT molecular complexity index is 926. The van der Waals surface area contributed by atoms with Crippen LogP contribution >= 0.6 is 0 Å². The van der Waals surface area contributed by atoms with Gasteiger partial charge in [-0.15, -0.1) is 0 Å². The Kier molecular flexibility index (Phi) is 7.55. The van der Waals surface area contributed by atoms with Crippen LogP contribution in [-0.4, -0.2) is 66.0 Å². The molecule has 9 nitrogen and oxygen atoms in total. The predicted molar refractivity (Wildman–Crippen MR) is 113 cm³/mol. The molecule has 9 heteroatoms. The van der Waals surface area contributed by atoms with Gasteiger partial charge in [-0.2, -0.15) is 0 Å². The number of nitro benzene ring substituents is 1. The van der Waals surface area contributed by atoms with Gasteiger partial charge >= 0.3 is 11.7 Å². The number of hydrogen-bond acceptors (Lipinski definition) is 7. The number of benzene rings is 2. The van der Waals surface area contributed by atoms with Crippen LogP contribution in [-0.2, 0) is 16.1 Å². The number of carbonyl (C=O) groups excluding carboxylic acids is 2. The molecular formula is C22H25N3O6. The van der Waals surface area contributed by atoms with E-state index in [0.29, 0.717) is 13.1 Å². The molecule has 0 atom stereocenters. The van der Waals surface area contributed by atoms with Crippen LogP contribution in [0.5, 0.6) is 5.75 Å². The summed E-state index contributed by atoms with van der Waals surface area (Å²) in [5, 5.41) is 11.2. The third kappa shape index (κ3) is 6.02. The Morgan fingerprint density at radius 2 is 1.77 bits per heavy atom. The van der Waals surface area contributed by atoms with Crippen molar-refractivity contribution in [2.75, 3.05) is 39.4 Å². The molecule has 1 saturated heterocycles. The minimum Gasteiger partial charge on any atom is -0.487 e. The van der Waals surface area contributed by atoms with Gasteiger partial charge in [-0.05, 0) is 24.6 Å². The van der Waals surface area contributed by atoms with Crippen molar-refractivity contribution >= 4 is 17.6 Å². The summed E-state index contributed by atoms with van der Waals surface area (Å²) in [5.41, 5.74) is 0.897. The largest absolute Gasteiger partial charge is 0.487 e. The zero-order valence-corrected chi connectivity index (χ0v) is 17.4. The first-order valence-corrected chi connectivity index (χ1v) is 10.1. The van der Waals surface area contributed by atoms with Gasteiger partial charge in [0.1, 0.15) is 0 Å². The molecule has 0 spiro atoms. The van der Waals surface area contributed by atoms with Gasteiger partial charge in [-0.25, -0.2) is 4.79 Å². The van der Waals surface area contributed by atoms with Gasteiger partial charge in [0, 0.05) is 38.8 Å². The topological polar surface area (TPSA) is 102 Å². The smallest absolute Gasteiger partial charge is 0.338 e. The molecule has 3 rings (SSSR count). The van der Waals surface area contributed by atoms with Gasteiger partial charge in [0.15, 0.2) is 12.4 Å². The molecule has 0 bridgehead atoms. The lowest BCUT2D eigenvalue weighted by Gasteiger charge is -2.34. The molecule has 0 aromatic heterocycles. The third-order valence-corrected chi connectivity index (χ3v) is 4.99. The lowest BCUT2D eigenvalue weighted by Crippen LogP contribution is -2.49. The molecule has 1 fully saturated rings. The maximum absolute atomic E-state index is 12.4. The molecule has 0 N–H and O–H groups in total. The second kappa shape index (κ2) is 10.5. The zero-order chi connectivity index (χ0) is 22.2. The zero-order valence-electron chi connectivity index (χ0n) is 17.4. The number of carbonyl (C=O) groups is 2. The number of hydrogen-bond donors (Lipinski definition) is 0. The Morgan fingerprint density at radius 1 is 1.06 bits per heavy atom. The van der Waals surface area contributed by atoms with E-state index in [0.717, 1.165) is 25.7 Å². The standard InChI is InChI=1S/C22H25N3O6/c1-2-30-20-9-8-18(14-19(20)25(28)29)22(27)31-16-21(26)24-12-10-23(11-13-24)15-17-6-4-3-5-7-17/h3-9,14H,2,10-13,15-16H2,1H3. The van der Waals surface area contributed by atoms with E-state index in [1.807, 2.05) is 18.2 Å². The highest BCUT2D eigenvalue weighted by Gasteiger charge is 2.23. The average molecular weight is 427 g/mol. The van der Waals surface area contributed by atoms with Crippen LogP contribution in [0, 0.1) is 10.1 Å². The molecule has 1 aliphatic rings. The second-order valence-corrected chi connectivity index (χ2v) is 7.09. The highest BCUT2D eigenvalue weighted by Crippen LogP contribution is 2.28. The van der Waals surface area contributed by atoms with Crippen molar-refractivity contribution in [2.24, 2.45) is 0 Å². The normalized spacial score (nSPS) is 14.2. The number of piperazine rings is 1. The summed E-state index contributed by atoms with van der Waals surface area (Å²) in [6.45, 7) is 4.97. The lowest BCUT2D eigenvalue weighted by atomic mass is 10.2. The molecular weight excluding hydrogens is 402 g/mol. The quantitative estimate of drug-likeness (QED) is 0.362. The third-order valence-electron chi connectivity index (χ3n) is 4.99. The Balaban J connectivity index is 1.49. The molecule has 0 radical (unpaired) electrons. The van der Waals surface area contributed by atoms with Crippen molar-refractivity contribution in [2.45, 2.75) is 13.5 Å². The highest BCUT2D eigenvalue weighted by atomic mass is 16.6. The van der Waals surface area contributed by atoms with Gasteiger partial charge in [0.05, 0.1) is 17.1 Å². The van der Waals surface area contributed by atoms with E-state index in [1.165, 1.54) is 17.7 Å². The van der Waals surface area contributed by atoms with Crippen molar-refractivity contribution in [3.8, 4) is 5.75 Å². The molecule has 0 saturated carbocycles. The first kappa shape index (κ1) is 22.2. The number of esters is 1. The van der Waals surface area contributed by atoms with Crippen molar-refractivity contribution in [1.82, 2.24) is 9.80 Å². The van der Waals surface area contributed by atoms with Crippen molar-refractivity contribution < 1.29 is 24.0 Å². The number of amides is 1. The molecule has 1 amide bonds. The molecule has 1 aliphatic heterocycles. The van der Waals surface area contributed by atoms with Crippen LogP contribution in [0.3, 0.4) is 0 Å². The summed E-state index contributed by atoms with van der Waals surface area (Å²) >= 11 is 0. The van der Waals surface area contributed by atoms with E-state index >= 15 is 0 Å². The summed E-state index contributed by atoms with van der Waals surface area (Å²) in [6.07, 6.45) is 0. The van der Waals surface area contributed by atoms with Crippen LogP contribution in [0.15, 0.2) is 48.5 Å². The summed E-state index contributed by atoms with van der Waals surface area (Å²) in [7, 11) is 0. The molecule has 0 unspecified atom stereocenters. The maximum atomic E-state index is 12.4. The van der Waals surface area contributed by atoms with Crippen LogP contribution in [0.1, 0.15) is 22.8 Å². The van der Waals surface area contributed by atoms with Gasteiger partial charge in [0.25, 0.3) is 5.91 Å². The molecule has 31 heavy (non-hydrogen) atoms. The summed E-state index contributed by atoms with van der Waals surface area (Å²) < 4.78 is 10.3. The number of nitro groups is 1. The fraction of sp³-hybridized carbons (Fsp3) is 0.364. The van der Waals surface area contributed by atoms with Crippen molar-refractivity contribution in [3.63, 3.8) is 0 Å². The van der Waals surface area contributed by atoms with Crippen LogP contribution in [0.4, 0.5) is 5.69 Å². The number of rotatable bonds is 8. The van der Waals surface area contributed by atoms with E-state index < -0.39 is 17.5 Å². The SMILES string of the molecule is CCOc1ccc(C(=O)OCC(=O)N2CCN(Cc3ccccc3)CC2)cc1[N+](=O)[O-]. The number of ether oxygens (including phenoxy) is 2. The minimum absolute atomic E-state index is 0.00404. The van der Waals surface area contributed by atoms with E-state index in [-0.39, 0.29) is 29.5 Å². The predicted octanol–water partition coefficient (Wildman–Crippen LogP) is 2.49. The first-order valence-electron chi connectivity index (χ1n) is 10.1. The Morgan fingerprint density at radius 3 is 2.42 bits per heavy atom. The van der Waals surface area contributed by atoms with Crippen LogP contribution < -0.4 is 4.74 Å². The van der Waals surface area contributed by atoms with Crippen molar-refractivity contribution in [3.05, 3.63) is 69.8 Å². The molecule has 2 aromatic carbocycles. The average Bonchev–Trinajstić information content (AvgIpc) is 2.78. The molecule has 1 heterocycles. The van der Waals surface area contributed by atoms with Gasteiger partial charge in [-0.3, -0.25) is 19.8 Å². The fourth-order valence-corrected chi connectivity index (χ4v) is 3.36. The Labute approximate surface area is 180 Å². The summed E-state index contributed by atoms with van der Waals surface area (Å²) in [4.78, 5) is 39.2. The van der Waals surface area contributed by atoms with E-state index in [9.17, 15) is 19.7 Å². The van der Waals surface area contributed by atoms with E-state index in [1.54, 1.807) is 11.8 Å². The maximum Gasteiger partial charge on any atom is 0.338 e. The summed E-state index contributed by atoms with van der Waals surface area (Å²) in [5.74, 6) is -0.996. The van der Waals surface area contributed by atoms with Gasteiger partial charge in [0.2, 0.25) is 0 Å².